The highest BCUT2D eigenvalue weighted by molar-refractivity contribution is 7.17. The normalized spacial score (nSPS) is 13.5. The lowest BCUT2D eigenvalue weighted by Crippen LogP contribution is -2.55. The summed E-state index contributed by atoms with van der Waals surface area (Å²) in [5.41, 5.74) is 1.45. The number of nitrogens with one attached hydrogen (secondary N) is 1. The molecule has 3 N–H and O–H groups in total. The standard InChI is InChI=1S/C22H19ClFN3O5S/c23-13-3-1-12(2-4-13)21-26-17(7-8-28)19(33-21)20(29)25-14-5-6-18(16(24)9-14)32-15-10-27(11-15)22(30)31/h1-6,9,15,28H,7-8,10-11H2,(H,25,29)(H,30,31). The van der Waals surface area contributed by atoms with Crippen LogP contribution in [-0.2, 0) is 6.42 Å². The highest BCUT2D eigenvalue weighted by Crippen LogP contribution is 2.31. The fourth-order valence-electron chi connectivity index (χ4n) is 3.23. The number of carbonyl (C=O) groups excluding carboxylic acids is 1. The largest absolute Gasteiger partial charge is 0.484 e. The maximum absolute atomic E-state index is 14.5. The lowest BCUT2D eigenvalue weighted by atomic mass is 10.2. The van der Waals surface area contributed by atoms with Gasteiger partial charge in [-0.1, -0.05) is 23.7 Å². The van der Waals surface area contributed by atoms with Crippen molar-refractivity contribution in [2.24, 2.45) is 0 Å². The van der Waals surface area contributed by atoms with E-state index in [0.29, 0.717) is 20.6 Å². The van der Waals surface area contributed by atoms with Gasteiger partial charge in [-0.3, -0.25) is 4.79 Å². The minimum Gasteiger partial charge on any atom is -0.484 e. The van der Waals surface area contributed by atoms with Gasteiger partial charge in [0, 0.05) is 35.4 Å². The van der Waals surface area contributed by atoms with Crippen molar-refractivity contribution in [3.8, 4) is 16.3 Å². The van der Waals surface area contributed by atoms with Gasteiger partial charge >= 0.3 is 6.09 Å². The van der Waals surface area contributed by atoms with Gasteiger partial charge in [-0.25, -0.2) is 14.2 Å². The molecule has 33 heavy (non-hydrogen) atoms. The summed E-state index contributed by atoms with van der Waals surface area (Å²) in [5.74, 6) is -1.17. The second-order valence-corrected chi connectivity index (χ2v) is 8.74. The molecule has 0 atom stereocenters. The van der Waals surface area contributed by atoms with Crippen LogP contribution in [0.25, 0.3) is 10.6 Å². The molecule has 3 aromatic rings. The predicted molar refractivity (Wildman–Crippen MR) is 122 cm³/mol. The maximum Gasteiger partial charge on any atom is 0.407 e. The second kappa shape index (κ2) is 9.74. The van der Waals surface area contributed by atoms with Gasteiger partial charge in [0.1, 0.15) is 16.0 Å². The number of carboxylic acid groups (broad SMARTS) is 1. The van der Waals surface area contributed by atoms with Crippen molar-refractivity contribution in [1.29, 1.82) is 0 Å². The average molecular weight is 492 g/mol. The highest BCUT2D eigenvalue weighted by Gasteiger charge is 2.32. The number of hydrogen-bond donors (Lipinski definition) is 3. The van der Waals surface area contributed by atoms with Crippen molar-refractivity contribution in [3.05, 3.63) is 63.9 Å². The van der Waals surface area contributed by atoms with E-state index >= 15 is 0 Å². The number of nitrogens with zero attached hydrogens (tertiary/aromatic N) is 2. The first-order chi connectivity index (χ1) is 15.8. The molecule has 0 saturated carbocycles. The van der Waals surface area contributed by atoms with Crippen LogP contribution in [0, 0.1) is 5.82 Å². The van der Waals surface area contributed by atoms with Crippen molar-refractivity contribution in [1.82, 2.24) is 9.88 Å². The number of aliphatic hydroxyl groups is 1. The number of thiazole rings is 1. The molecular formula is C22H19ClFN3O5S. The van der Waals surface area contributed by atoms with Crippen LogP contribution in [0.2, 0.25) is 5.02 Å². The lowest BCUT2D eigenvalue weighted by molar-refractivity contribution is 0.0232. The third-order valence-electron chi connectivity index (χ3n) is 4.95. The van der Waals surface area contributed by atoms with E-state index in [1.807, 2.05) is 0 Å². The number of hydrogen-bond acceptors (Lipinski definition) is 6. The Morgan fingerprint density at radius 1 is 1.24 bits per heavy atom. The predicted octanol–water partition coefficient (Wildman–Crippen LogP) is 4.13. The zero-order chi connectivity index (χ0) is 23.5. The Balaban J connectivity index is 1.47. The van der Waals surface area contributed by atoms with Crippen LogP contribution in [0.4, 0.5) is 14.9 Å². The summed E-state index contributed by atoms with van der Waals surface area (Å²) in [7, 11) is 0. The topological polar surface area (TPSA) is 112 Å². The van der Waals surface area contributed by atoms with Crippen molar-refractivity contribution in [3.63, 3.8) is 0 Å². The molecule has 1 saturated heterocycles. The third-order valence-corrected chi connectivity index (χ3v) is 6.34. The quantitative estimate of drug-likeness (QED) is 0.458. The van der Waals surface area contributed by atoms with E-state index < -0.39 is 23.9 Å². The van der Waals surface area contributed by atoms with Gasteiger partial charge in [-0.2, -0.15) is 0 Å². The van der Waals surface area contributed by atoms with Crippen LogP contribution >= 0.6 is 22.9 Å². The number of likely N-dealkylation sites (tertiary alicyclic amines) is 1. The number of benzene rings is 2. The summed E-state index contributed by atoms with van der Waals surface area (Å²) < 4.78 is 20.0. The summed E-state index contributed by atoms with van der Waals surface area (Å²) in [6, 6.07) is 11.0. The molecule has 1 aliphatic heterocycles. The zero-order valence-corrected chi connectivity index (χ0v) is 18.7. The molecule has 1 aliphatic rings. The van der Waals surface area contributed by atoms with Crippen molar-refractivity contribution in [2.75, 3.05) is 25.0 Å². The van der Waals surface area contributed by atoms with E-state index in [2.05, 4.69) is 10.3 Å². The van der Waals surface area contributed by atoms with Crippen molar-refractivity contribution < 1.29 is 28.9 Å². The molecule has 0 bridgehead atoms. The lowest BCUT2D eigenvalue weighted by Gasteiger charge is -2.36. The van der Waals surface area contributed by atoms with Crippen LogP contribution in [0.1, 0.15) is 15.4 Å². The molecule has 2 aromatic carbocycles. The zero-order valence-electron chi connectivity index (χ0n) is 17.1. The number of carbonyl (C=O) groups is 2. The Labute approximate surface area is 197 Å². The molecule has 1 aromatic heterocycles. The van der Waals surface area contributed by atoms with E-state index in [1.165, 1.54) is 23.5 Å². The Hall–Kier alpha value is -3.21. The van der Waals surface area contributed by atoms with Crippen molar-refractivity contribution in [2.45, 2.75) is 12.5 Å². The van der Waals surface area contributed by atoms with Gasteiger partial charge in [0.2, 0.25) is 0 Å². The van der Waals surface area contributed by atoms with E-state index in [9.17, 15) is 19.1 Å². The second-order valence-electron chi connectivity index (χ2n) is 7.30. The Bertz CT molecular complexity index is 1180. The molecule has 0 unspecified atom stereocenters. The van der Waals surface area contributed by atoms with Gasteiger partial charge in [-0.05, 0) is 24.3 Å². The minimum absolute atomic E-state index is 0.0215. The van der Waals surface area contributed by atoms with Crippen LogP contribution in [0.5, 0.6) is 5.75 Å². The van der Waals surface area contributed by atoms with Crippen molar-refractivity contribution >= 4 is 40.6 Å². The first-order valence-corrected chi connectivity index (χ1v) is 11.2. The molecule has 2 amide bonds. The fourth-order valence-corrected chi connectivity index (χ4v) is 4.37. The summed E-state index contributed by atoms with van der Waals surface area (Å²) >= 11 is 7.09. The number of aromatic nitrogens is 1. The number of aliphatic hydroxyl groups excluding tert-OH is 1. The Kier molecular flexibility index (Phi) is 6.77. The van der Waals surface area contributed by atoms with Gasteiger partial charge in [-0.15, -0.1) is 11.3 Å². The van der Waals surface area contributed by atoms with Crippen LogP contribution in [0.15, 0.2) is 42.5 Å². The SMILES string of the molecule is O=C(Nc1ccc(OC2CN(C(=O)O)C2)c(F)c1)c1sc(-c2ccc(Cl)cc2)nc1CCO. The number of halogens is 2. The Morgan fingerprint density at radius 2 is 1.97 bits per heavy atom. The number of amides is 2. The highest BCUT2D eigenvalue weighted by atomic mass is 35.5. The van der Waals surface area contributed by atoms with E-state index in [0.717, 1.165) is 16.5 Å². The monoisotopic (exact) mass is 491 g/mol. The molecule has 0 spiro atoms. The summed E-state index contributed by atoms with van der Waals surface area (Å²) in [6.07, 6.45) is -1.26. The number of rotatable bonds is 7. The summed E-state index contributed by atoms with van der Waals surface area (Å²) in [6.45, 7) is 0.162. The molecule has 172 valence electrons. The summed E-state index contributed by atoms with van der Waals surface area (Å²) in [5, 5.41) is 22.0. The van der Waals surface area contributed by atoms with Crippen LogP contribution < -0.4 is 10.1 Å². The first-order valence-electron chi connectivity index (χ1n) is 9.96. The molecule has 0 aliphatic carbocycles. The van der Waals surface area contributed by atoms with Gasteiger partial charge in [0.15, 0.2) is 11.6 Å². The summed E-state index contributed by atoms with van der Waals surface area (Å²) in [4.78, 5) is 29.6. The molecule has 8 nitrogen and oxygen atoms in total. The molecule has 2 heterocycles. The molecular weight excluding hydrogens is 473 g/mol. The average Bonchev–Trinajstić information content (AvgIpc) is 3.16. The van der Waals surface area contributed by atoms with Crippen LogP contribution in [0.3, 0.4) is 0 Å². The van der Waals surface area contributed by atoms with Gasteiger partial charge in [0.25, 0.3) is 5.91 Å². The van der Waals surface area contributed by atoms with Gasteiger partial charge in [0.05, 0.1) is 18.8 Å². The minimum atomic E-state index is -1.05. The molecule has 0 radical (unpaired) electrons. The third kappa shape index (κ3) is 5.24. The smallest absolute Gasteiger partial charge is 0.407 e. The molecule has 1 fully saturated rings. The van der Waals surface area contributed by atoms with E-state index in [-0.39, 0.29) is 37.6 Å². The molecule has 4 rings (SSSR count). The van der Waals surface area contributed by atoms with E-state index in [1.54, 1.807) is 24.3 Å². The number of anilines is 1. The van der Waals surface area contributed by atoms with Crippen LogP contribution in [-0.4, -0.2) is 57.9 Å². The van der Waals surface area contributed by atoms with Gasteiger partial charge < -0.3 is 25.2 Å². The fraction of sp³-hybridized carbons (Fsp3) is 0.227. The molecule has 11 heteroatoms. The number of ether oxygens (including phenoxy) is 1. The van der Waals surface area contributed by atoms with E-state index in [4.69, 9.17) is 21.4 Å². The first kappa shape index (κ1) is 23.0. The Morgan fingerprint density at radius 3 is 2.61 bits per heavy atom. The maximum atomic E-state index is 14.5.